The Morgan fingerprint density at radius 1 is 1.55 bits per heavy atom. The van der Waals surface area contributed by atoms with Crippen molar-refractivity contribution in [1.29, 1.82) is 0 Å². The molecule has 1 heterocycles. The second-order valence-corrected chi connectivity index (χ2v) is 3.19. The van der Waals surface area contributed by atoms with Gasteiger partial charge < -0.3 is 15.3 Å². The number of nitrogens with two attached hydrogens (primary N) is 1. The zero-order valence-corrected chi connectivity index (χ0v) is 7.01. The van der Waals surface area contributed by atoms with Gasteiger partial charge >= 0.3 is 0 Å². The molecule has 11 heavy (non-hydrogen) atoms. The summed E-state index contributed by atoms with van der Waals surface area (Å²) in [5, 5.41) is 9.54. The van der Waals surface area contributed by atoms with Gasteiger partial charge in [-0.05, 0) is 26.8 Å². The maximum Gasteiger partial charge on any atom is 0.196 e. The molecule has 0 saturated carbocycles. The molecular formula is C8H13NO2. The van der Waals surface area contributed by atoms with E-state index in [0.717, 1.165) is 5.76 Å². The van der Waals surface area contributed by atoms with Crippen molar-refractivity contribution in [1.82, 2.24) is 0 Å². The summed E-state index contributed by atoms with van der Waals surface area (Å²) in [5.41, 5.74) is 5.23. The smallest absolute Gasteiger partial charge is 0.196 e. The first-order valence-electron chi connectivity index (χ1n) is 3.50. The highest BCUT2D eigenvalue weighted by atomic mass is 16.4. The lowest BCUT2D eigenvalue weighted by Gasteiger charge is -2.14. The summed E-state index contributed by atoms with van der Waals surface area (Å²) in [6, 6.07) is 1.75. The van der Waals surface area contributed by atoms with E-state index in [2.05, 4.69) is 0 Å². The highest BCUT2D eigenvalue weighted by molar-refractivity contribution is 5.41. The number of rotatable bonds is 1. The number of anilines is 1. The Bertz CT molecular complexity index is 258. The van der Waals surface area contributed by atoms with Crippen LogP contribution >= 0.6 is 0 Å². The Balaban J connectivity index is 3.13. The number of hydrogen-bond acceptors (Lipinski definition) is 3. The minimum Gasteiger partial charge on any atom is -0.446 e. The maximum absolute atomic E-state index is 9.54. The van der Waals surface area contributed by atoms with E-state index in [1.807, 2.05) is 0 Å². The standard InChI is InChI=1S/C8H13NO2/c1-5-4-6(7(9)11-5)8(2,3)10/h4,10H,9H2,1-3H3. The molecule has 0 fully saturated rings. The summed E-state index contributed by atoms with van der Waals surface area (Å²) < 4.78 is 5.06. The predicted molar refractivity (Wildman–Crippen MR) is 43.1 cm³/mol. The Hall–Kier alpha value is -0.960. The van der Waals surface area contributed by atoms with E-state index in [-0.39, 0.29) is 0 Å². The number of aryl methyl sites for hydroxylation is 1. The summed E-state index contributed by atoms with van der Waals surface area (Å²) in [6.07, 6.45) is 0. The van der Waals surface area contributed by atoms with E-state index in [4.69, 9.17) is 10.2 Å². The fraction of sp³-hybridized carbons (Fsp3) is 0.500. The quantitative estimate of drug-likeness (QED) is 0.644. The number of nitrogen functional groups attached to an aromatic ring is 1. The molecule has 0 aromatic carbocycles. The lowest BCUT2D eigenvalue weighted by molar-refractivity contribution is 0.0790. The van der Waals surface area contributed by atoms with Crippen molar-refractivity contribution in [2.24, 2.45) is 0 Å². The van der Waals surface area contributed by atoms with Gasteiger partial charge in [0.2, 0.25) is 0 Å². The molecule has 3 heteroatoms. The summed E-state index contributed by atoms with van der Waals surface area (Å²) in [6.45, 7) is 5.15. The number of aliphatic hydroxyl groups is 1. The van der Waals surface area contributed by atoms with Gasteiger partial charge in [0.25, 0.3) is 0 Å². The number of furan rings is 1. The molecule has 0 saturated heterocycles. The van der Waals surface area contributed by atoms with Gasteiger partial charge in [0.15, 0.2) is 5.88 Å². The van der Waals surface area contributed by atoms with E-state index < -0.39 is 5.60 Å². The van der Waals surface area contributed by atoms with Crippen molar-refractivity contribution in [3.8, 4) is 0 Å². The van der Waals surface area contributed by atoms with Gasteiger partial charge in [0.1, 0.15) is 5.76 Å². The van der Waals surface area contributed by atoms with Crippen LogP contribution in [0.1, 0.15) is 25.2 Å². The molecule has 1 rings (SSSR count). The van der Waals surface area contributed by atoms with Crippen LogP contribution in [-0.2, 0) is 5.60 Å². The van der Waals surface area contributed by atoms with E-state index in [0.29, 0.717) is 11.4 Å². The summed E-state index contributed by atoms with van der Waals surface area (Å²) in [4.78, 5) is 0. The van der Waals surface area contributed by atoms with Gasteiger partial charge in [-0.25, -0.2) is 0 Å². The van der Waals surface area contributed by atoms with Crippen LogP contribution < -0.4 is 5.73 Å². The minimum absolute atomic E-state index is 0.301. The van der Waals surface area contributed by atoms with Crippen LogP contribution in [-0.4, -0.2) is 5.11 Å². The molecule has 0 aliphatic heterocycles. The van der Waals surface area contributed by atoms with Crippen molar-refractivity contribution in [3.05, 3.63) is 17.4 Å². The molecule has 0 aliphatic carbocycles. The molecule has 3 nitrogen and oxygen atoms in total. The van der Waals surface area contributed by atoms with Crippen molar-refractivity contribution in [3.63, 3.8) is 0 Å². The van der Waals surface area contributed by atoms with Crippen LogP contribution in [0.2, 0.25) is 0 Å². The largest absolute Gasteiger partial charge is 0.446 e. The van der Waals surface area contributed by atoms with Crippen LogP contribution in [0.4, 0.5) is 5.88 Å². The third-order valence-electron chi connectivity index (χ3n) is 1.54. The molecule has 0 atom stereocenters. The van der Waals surface area contributed by atoms with E-state index in [9.17, 15) is 5.11 Å². The summed E-state index contributed by atoms with van der Waals surface area (Å²) in [5.74, 6) is 1.02. The third kappa shape index (κ3) is 1.54. The molecule has 0 amide bonds. The lowest BCUT2D eigenvalue weighted by Crippen LogP contribution is -2.15. The Labute approximate surface area is 65.8 Å². The van der Waals surface area contributed by atoms with Crippen molar-refractivity contribution in [2.45, 2.75) is 26.4 Å². The van der Waals surface area contributed by atoms with Crippen LogP contribution in [0.15, 0.2) is 10.5 Å². The molecule has 0 unspecified atom stereocenters. The molecular weight excluding hydrogens is 142 g/mol. The minimum atomic E-state index is -0.915. The first-order valence-corrected chi connectivity index (χ1v) is 3.50. The zero-order valence-electron chi connectivity index (χ0n) is 7.01. The molecule has 62 valence electrons. The SMILES string of the molecule is Cc1cc(C(C)(C)O)c(N)o1. The fourth-order valence-corrected chi connectivity index (χ4v) is 1.01. The van der Waals surface area contributed by atoms with Gasteiger partial charge in [-0.15, -0.1) is 0 Å². The van der Waals surface area contributed by atoms with E-state index in [1.54, 1.807) is 26.8 Å². The highest BCUT2D eigenvalue weighted by Gasteiger charge is 2.21. The average molecular weight is 155 g/mol. The van der Waals surface area contributed by atoms with Gasteiger partial charge in [-0.1, -0.05) is 0 Å². The normalized spacial score (nSPS) is 12.0. The van der Waals surface area contributed by atoms with Crippen LogP contribution in [0.5, 0.6) is 0 Å². The average Bonchev–Trinajstić information content (AvgIpc) is 2.08. The molecule has 1 aromatic heterocycles. The van der Waals surface area contributed by atoms with Crippen molar-refractivity contribution < 1.29 is 9.52 Å². The summed E-state index contributed by atoms with van der Waals surface area (Å²) >= 11 is 0. The molecule has 3 N–H and O–H groups in total. The topological polar surface area (TPSA) is 59.4 Å². The van der Waals surface area contributed by atoms with Gasteiger partial charge in [0.05, 0.1) is 5.60 Å². The predicted octanol–water partition coefficient (Wildman–Crippen LogP) is 1.40. The fourth-order valence-electron chi connectivity index (χ4n) is 1.01. The van der Waals surface area contributed by atoms with Crippen molar-refractivity contribution >= 4 is 5.88 Å². The summed E-state index contributed by atoms with van der Waals surface area (Å²) in [7, 11) is 0. The lowest BCUT2D eigenvalue weighted by atomic mass is 10.0. The Morgan fingerprint density at radius 3 is 2.27 bits per heavy atom. The maximum atomic E-state index is 9.54. The van der Waals surface area contributed by atoms with Gasteiger partial charge in [0, 0.05) is 5.56 Å². The molecule has 0 spiro atoms. The molecule has 0 bridgehead atoms. The van der Waals surface area contributed by atoms with Crippen molar-refractivity contribution in [2.75, 3.05) is 5.73 Å². The van der Waals surface area contributed by atoms with Crippen LogP contribution in [0, 0.1) is 6.92 Å². The third-order valence-corrected chi connectivity index (χ3v) is 1.54. The van der Waals surface area contributed by atoms with Crippen LogP contribution in [0.25, 0.3) is 0 Å². The van der Waals surface area contributed by atoms with E-state index in [1.165, 1.54) is 0 Å². The first kappa shape index (κ1) is 8.14. The van der Waals surface area contributed by atoms with Gasteiger partial charge in [-0.2, -0.15) is 0 Å². The van der Waals surface area contributed by atoms with Crippen LogP contribution in [0.3, 0.4) is 0 Å². The monoisotopic (exact) mass is 155 g/mol. The highest BCUT2D eigenvalue weighted by Crippen LogP contribution is 2.28. The molecule has 1 aromatic rings. The Kier molecular flexibility index (Phi) is 1.68. The number of hydrogen-bond donors (Lipinski definition) is 2. The second-order valence-electron chi connectivity index (χ2n) is 3.19. The molecule has 0 radical (unpaired) electrons. The molecule has 0 aliphatic rings. The van der Waals surface area contributed by atoms with E-state index >= 15 is 0 Å². The zero-order chi connectivity index (χ0) is 8.65. The first-order chi connectivity index (χ1) is 4.91. The Morgan fingerprint density at radius 2 is 2.09 bits per heavy atom. The van der Waals surface area contributed by atoms with Gasteiger partial charge in [-0.3, -0.25) is 0 Å². The second kappa shape index (κ2) is 2.27.